The Morgan fingerprint density at radius 1 is 1.59 bits per heavy atom. The van der Waals surface area contributed by atoms with Gasteiger partial charge >= 0.3 is 5.97 Å². The molecule has 0 fully saturated rings. The average Bonchev–Trinajstić information content (AvgIpc) is 2.56. The normalized spacial score (nSPS) is 22.2. The molecule has 3 N–H and O–H groups in total. The molecule has 1 aromatic carbocycles. The van der Waals surface area contributed by atoms with Crippen molar-refractivity contribution >= 4 is 5.97 Å². The van der Waals surface area contributed by atoms with Gasteiger partial charge in [0.15, 0.2) is 0 Å². The molecule has 0 saturated heterocycles. The molecule has 0 aromatic heterocycles. The molecular formula is C13H17NO3. The van der Waals surface area contributed by atoms with Crippen LogP contribution in [0.15, 0.2) is 18.2 Å². The third-order valence-corrected chi connectivity index (χ3v) is 3.19. The van der Waals surface area contributed by atoms with E-state index >= 15 is 0 Å². The quantitative estimate of drug-likeness (QED) is 0.775. The Labute approximate surface area is 100 Å². The van der Waals surface area contributed by atoms with Crippen LogP contribution in [0.5, 0.6) is 5.75 Å². The van der Waals surface area contributed by atoms with Crippen molar-refractivity contribution in [1.29, 1.82) is 0 Å². The Hall–Kier alpha value is -1.55. The average molecular weight is 235 g/mol. The minimum absolute atomic E-state index is 0.0452. The first-order valence-corrected chi connectivity index (χ1v) is 5.84. The molecule has 0 spiro atoms. The van der Waals surface area contributed by atoms with E-state index in [-0.39, 0.29) is 30.1 Å². The van der Waals surface area contributed by atoms with E-state index in [2.05, 4.69) is 0 Å². The number of ether oxygens (including phenoxy) is 1. The lowest BCUT2D eigenvalue weighted by Crippen LogP contribution is -2.27. The van der Waals surface area contributed by atoms with Crippen LogP contribution in [-0.2, 0) is 16.0 Å². The predicted octanol–water partition coefficient (Wildman–Crippen LogP) is 1.31. The van der Waals surface area contributed by atoms with Gasteiger partial charge in [-0.05, 0) is 36.6 Å². The number of fused-ring (bicyclic) bond motifs is 1. The van der Waals surface area contributed by atoms with E-state index in [1.54, 1.807) is 19.1 Å². The van der Waals surface area contributed by atoms with Gasteiger partial charge in [0.25, 0.3) is 0 Å². The molecule has 2 rings (SSSR count). The van der Waals surface area contributed by atoms with Crippen molar-refractivity contribution in [3.63, 3.8) is 0 Å². The summed E-state index contributed by atoms with van der Waals surface area (Å²) in [5, 5.41) is 9.48. The summed E-state index contributed by atoms with van der Waals surface area (Å²) in [5.41, 5.74) is 8.13. The number of hydrogen-bond donors (Lipinski definition) is 2. The zero-order chi connectivity index (χ0) is 12.4. The molecule has 0 aliphatic heterocycles. The highest BCUT2D eigenvalue weighted by molar-refractivity contribution is 5.71. The molecule has 92 valence electrons. The third-order valence-electron chi connectivity index (χ3n) is 3.19. The van der Waals surface area contributed by atoms with Gasteiger partial charge in [-0.15, -0.1) is 0 Å². The number of carbonyl (C=O) groups excluding carboxylic acids is 1. The first-order valence-electron chi connectivity index (χ1n) is 5.84. The number of aromatic hydroxyl groups is 1. The van der Waals surface area contributed by atoms with Crippen LogP contribution in [0.4, 0.5) is 0 Å². The molecule has 1 aliphatic carbocycles. The molecule has 4 nitrogen and oxygen atoms in total. The minimum atomic E-state index is -0.232. The van der Waals surface area contributed by atoms with Gasteiger partial charge in [-0.3, -0.25) is 4.79 Å². The molecule has 0 amide bonds. The molecule has 0 bridgehead atoms. The fourth-order valence-electron chi connectivity index (χ4n) is 2.40. The van der Waals surface area contributed by atoms with Gasteiger partial charge in [0.05, 0.1) is 13.0 Å². The lowest BCUT2D eigenvalue weighted by molar-refractivity contribution is -0.143. The number of nitrogens with two attached hydrogens (primary N) is 1. The van der Waals surface area contributed by atoms with Gasteiger partial charge in [0, 0.05) is 12.0 Å². The van der Waals surface area contributed by atoms with Gasteiger partial charge in [0.2, 0.25) is 0 Å². The summed E-state index contributed by atoms with van der Waals surface area (Å²) in [6.07, 6.45) is 1.03. The molecule has 4 heteroatoms. The van der Waals surface area contributed by atoms with Crippen molar-refractivity contribution in [1.82, 2.24) is 0 Å². The van der Waals surface area contributed by atoms with Crippen LogP contribution in [0, 0.1) is 0 Å². The van der Waals surface area contributed by atoms with Crippen molar-refractivity contribution in [2.45, 2.75) is 31.7 Å². The lowest BCUT2D eigenvalue weighted by atomic mass is 9.95. The predicted molar refractivity (Wildman–Crippen MR) is 63.8 cm³/mol. The number of benzene rings is 1. The van der Waals surface area contributed by atoms with Gasteiger partial charge in [-0.1, -0.05) is 6.07 Å². The van der Waals surface area contributed by atoms with Crippen molar-refractivity contribution in [3.05, 3.63) is 29.3 Å². The van der Waals surface area contributed by atoms with Crippen LogP contribution >= 0.6 is 0 Å². The lowest BCUT2D eigenvalue weighted by Gasteiger charge is -2.15. The van der Waals surface area contributed by atoms with E-state index in [0.29, 0.717) is 6.61 Å². The maximum absolute atomic E-state index is 11.5. The highest BCUT2D eigenvalue weighted by Gasteiger charge is 2.32. The summed E-state index contributed by atoms with van der Waals surface area (Å²) in [7, 11) is 0. The molecule has 2 atom stereocenters. The van der Waals surface area contributed by atoms with Crippen LogP contribution in [-0.4, -0.2) is 23.7 Å². The number of carbonyl (C=O) groups is 1. The smallest absolute Gasteiger partial charge is 0.306 e. The largest absolute Gasteiger partial charge is 0.508 e. The SMILES string of the molecule is CCOC(=O)CC1c2cc(O)ccc2CC1N. The fourth-order valence-corrected chi connectivity index (χ4v) is 2.40. The van der Waals surface area contributed by atoms with E-state index in [4.69, 9.17) is 10.5 Å². The van der Waals surface area contributed by atoms with E-state index < -0.39 is 0 Å². The summed E-state index contributed by atoms with van der Waals surface area (Å²) in [5.74, 6) is -0.0630. The Balaban J connectivity index is 2.19. The summed E-state index contributed by atoms with van der Waals surface area (Å²) in [6.45, 7) is 2.17. The number of hydrogen-bond acceptors (Lipinski definition) is 4. The van der Waals surface area contributed by atoms with E-state index in [9.17, 15) is 9.90 Å². The minimum Gasteiger partial charge on any atom is -0.508 e. The molecular weight excluding hydrogens is 218 g/mol. The van der Waals surface area contributed by atoms with Gasteiger partial charge in [-0.25, -0.2) is 0 Å². The highest BCUT2D eigenvalue weighted by Crippen LogP contribution is 2.36. The second-order valence-corrected chi connectivity index (χ2v) is 4.37. The van der Waals surface area contributed by atoms with E-state index in [1.165, 1.54) is 0 Å². The highest BCUT2D eigenvalue weighted by atomic mass is 16.5. The Bertz CT molecular complexity index is 431. The Morgan fingerprint density at radius 3 is 3.06 bits per heavy atom. The zero-order valence-corrected chi connectivity index (χ0v) is 9.85. The van der Waals surface area contributed by atoms with Crippen LogP contribution in [0.3, 0.4) is 0 Å². The summed E-state index contributed by atoms with van der Waals surface area (Å²) in [4.78, 5) is 11.5. The number of esters is 1. The molecule has 1 aliphatic rings. The molecule has 2 unspecified atom stereocenters. The van der Waals surface area contributed by atoms with Gasteiger partial charge < -0.3 is 15.6 Å². The summed E-state index contributed by atoms with van der Waals surface area (Å²) in [6, 6.07) is 5.15. The van der Waals surface area contributed by atoms with Crippen LogP contribution in [0.2, 0.25) is 0 Å². The standard InChI is InChI=1S/C13H17NO3/c1-2-17-13(16)7-11-10-6-9(15)4-3-8(10)5-12(11)14/h3-4,6,11-12,15H,2,5,7,14H2,1H3. The zero-order valence-electron chi connectivity index (χ0n) is 9.85. The second kappa shape index (κ2) is 4.75. The second-order valence-electron chi connectivity index (χ2n) is 4.37. The molecule has 17 heavy (non-hydrogen) atoms. The van der Waals surface area contributed by atoms with Crippen LogP contribution in [0.1, 0.15) is 30.4 Å². The number of phenolic OH excluding ortho intramolecular Hbond substituents is 1. The first-order chi connectivity index (χ1) is 8.11. The van der Waals surface area contributed by atoms with Gasteiger partial charge in [0.1, 0.15) is 5.75 Å². The van der Waals surface area contributed by atoms with E-state index in [0.717, 1.165) is 17.5 Å². The molecule has 0 saturated carbocycles. The maximum atomic E-state index is 11.5. The van der Waals surface area contributed by atoms with Crippen LogP contribution < -0.4 is 5.73 Å². The van der Waals surface area contributed by atoms with Crippen molar-refractivity contribution in [2.24, 2.45) is 5.73 Å². The molecule has 0 heterocycles. The summed E-state index contributed by atoms with van der Waals surface area (Å²) >= 11 is 0. The first kappa shape index (κ1) is 11.9. The van der Waals surface area contributed by atoms with E-state index in [1.807, 2.05) is 6.07 Å². The monoisotopic (exact) mass is 235 g/mol. The van der Waals surface area contributed by atoms with Crippen molar-refractivity contribution in [2.75, 3.05) is 6.61 Å². The number of phenols is 1. The van der Waals surface area contributed by atoms with Crippen molar-refractivity contribution in [3.8, 4) is 5.75 Å². The number of rotatable bonds is 3. The third kappa shape index (κ3) is 2.42. The Morgan fingerprint density at radius 2 is 2.35 bits per heavy atom. The maximum Gasteiger partial charge on any atom is 0.306 e. The molecule has 0 radical (unpaired) electrons. The molecule has 1 aromatic rings. The van der Waals surface area contributed by atoms with Crippen LogP contribution in [0.25, 0.3) is 0 Å². The topological polar surface area (TPSA) is 72.5 Å². The van der Waals surface area contributed by atoms with Crippen molar-refractivity contribution < 1.29 is 14.6 Å². The summed E-state index contributed by atoms with van der Waals surface area (Å²) < 4.78 is 4.94. The van der Waals surface area contributed by atoms with Gasteiger partial charge in [-0.2, -0.15) is 0 Å². The fraction of sp³-hybridized carbons (Fsp3) is 0.462. The Kier molecular flexibility index (Phi) is 3.33.